The van der Waals surface area contributed by atoms with Gasteiger partial charge in [-0.3, -0.25) is 14.4 Å². The van der Waals surface area contributed by atoms with Crippen molar-refractivity contribution in [2.24, 2.45) is 11.8 Å². The van der Waals surface area contributed by atoms with Gasteiger partial charge in [-0.15, -0.1) is 0 Å². The van der Waals surface area contributed by atoms with E-state index in [9.17, 15) is 23.2 Å². The van der Waals surface area contributed by atoms with Gasteiger partial charge in [0.25, 0.3) is 0 Å². The second-order valence-corrected chi connectivity index (χ2v) is 7.26. The van der Waals surface area contributed by atoms with Gasteiger partial charge < -0.3 is 14.9 Å². The molecule has 0 saturated carbocycles. The fourth-order valence-corrected chi connectivity index (χ4v) is 3.90. The lowest BCUT2D eigenvalue weighted by atomic mass is 9.92. The molecule has 0 radical (unpaired) electrons. The van der Waals surface area contributed by atoms with Gasteiger partial charge >= 0.3 is 5.97 Å². The van der Waals surface area contributed by atoms with Crippen molar-refractivity contribution < 1.29 is 28.3 Å². The fraction of sp³-hybridized carbons (Fsp3) is 0.526. The minimum absolute atomic E-state index is 0.00720. The van der Waals surface area contributed by atoms with E-state index in [4.69, 9.17) is 5.11 Å². The van der Waals surface area contributed by atoms with E-state index in [1.807, 2.05) is 0 Å². The van der Waals surface area contributed by atoms with Crippen LogP contribution in [0.25, 0.3) is 0 Å². The molecule has 1 N–H and O–H groups in total. The number of hydrogen-bond acceptors (Lipinski definition) is 3. The van der Waals surface area contributed by atoms with Crippen molar-refractivity contribution in [3.8, 4) is 0 Å². The van der Waals surface area contributed by atoms with Gasteiger partial charge in [-0.1, -0.05) is 0 Å². The van der Waals surface area contributed by atoms with Crippen LogP contribution in [-0.4, -0.2) is 47.4 Å². The van der Waals surface area contributed by atoms with Crippen LogP contribution in [0, 0.1) is 23.5 Å². The third kappa shape index (κ3) is 4.61. The highest BCUT2D eigenvalue weighted by Crippen LogP contribution is 2.29. The SMILES string of the molecule is O=C(O)CCC1CCCN(C(=O)C2CC(=O)N(c3cc(F)cc(F)c3)C2)C1. The molecule has 0 aliphatic carbocycles. The molecule has 2 heterocycles. The molecule has 2 aliphatic heterocycles. The summed E-state index contributed by atoms with van der Waals surface area (Å²) in [6.07, 6.45) is 2.29. The number of halogens is 2. The third-order valence-electron chi connectivity index (χ3n) is 5.23. The Labute approximate surface area is 155 Å². The van der Waals surface area contributed by atoms with Crippen LogP contribution < -0.4 is 4.90 Å². The van der Waals surface area contributed by atoms with Crippen molar-refractivity contribution in [2.45, 2.75) is 32.1 Å². The Balaban J connectivity index is 1.64. The number of rotatable bonds is 5. The van der Waals surface area contributed by atoms with Crippen LogP contribution in [-0.2, 0) is 14.4 Å². The first-order valence-corrected chi connectivity index (χ1v) is 9.10. The number of carboxylic acid groups (broad SMARTS) is 1. The number of hydrogen-bond donors (Lipinski definition) is 1. The van der Waals surface area contributed by atoms with E-state index in [0.29, 0.717) is 19.5 Å². The van der Waals surface area contributed by atoms with Crippen LogP contribution in [0.3, 0.4) is 0 Å². The topological polar surface area (TPSA) is 77.9 Å². The van der Waals surface area contributed by atoms with Crippen molar-refractivity contribution in [3.05, 3.63) is 29.8 Å². The van der Waals surface area contributed by atoms with Crippen LogP contribution in [0.5, 0.6) is 0 Å². The summed E-state index contributed by atoms with van der Waals surface area (Å²) in [5, 5.41) is 8.82. The molecule has 1 aromatic carbocycles. The number of benzene rings is 1. The highest BCUT2D eigenvalue weighted by atomic mass is 19.1. The first-order chi connectivity index (χ1) is 12.8. The van der Waals surface area contributed by atoms with Gasteiger partial charge in [0.05, 0.1) is 5.92 Å². The van der Waals surface area contributed by atoms with Gasteiger partial charge in [-0.05, 0) is 37.3 Å². The minimum atomic E-state index is -0.849. The van der Waals surface area contributed by atoms with Gasteiger partial charge in [0.15, 0.2) is 0 Å². The molecule has 2 amide bonds. The fourth-order valence-electron chi connectivity index (χ4n) is 3.90. The molecule has 0 spiro atoms. The summed E-state index contributed by atoms with van der Waals surface area (Å²) in [4.78, 5) is 38.8. The minimum Gasteiger partial charge on any atom is -0.481 e. The summed E-state index contributed by atoms with van der Waals surface area (Å²) < 4.78 is 26.9. The highest BCUT2D eigenvalue weighted by Gasteiger charge is 2.38. The van der Waals surface area contributed by atoms with Crippen molar-refractivity contribution in [1.29, 1.82) is 0 Å². The number of piperidine rings is 1. The van der Waals surface area contributed by atoms with E-state index in [1.54, 1.807) is 4.90 Å². The Kier molecular flexibility index (Phi) is 5.72. The second kappa shape index (κ2) is 8.02. The molecule has 2 aliphatic rings. The lowest BCUT2D eigenvalue weighted by molar-refractivity contribution is -0.138. The monoisotopic (exact) mass is 380 g/mol. The maximum absolute atomic E-state index is 13.4. The van der Waals surface area contributed by atoms with E-state index in [1.165, 1.54) is 4.90 Å². The molecule has 27 heavy (non-hydrogen) atoms. The zero-order valence-corrected chi connectivity index (χ0v) is 14.9. The van der Waals surface area contributed by atoms with Gasteiger partial charge in [0.1, 0.15) is 11.6 Å². The summed E-state index contributed by atoms with van der Waals surface area (Å²) >= 11 is 0. The molecule has 2 fully saturated rings. The normalized spacial score (nSPS) is 23.0. The summed E-state index contributed by atoms with van der Waals surface area (Å²) in [6.45, 7) is 1.17. The first-order valence-electron chi connectivity index (χ1n) is 9.10. The quantitative estimate of drug-likeness (QED) is 0.851. The molecule has 146 valence electrons. The zero-order valence-electron chi connectivity index (χ0n) is 14.9. The molecular weight excluding hydrogens is 358 g/mol. The predicted octanol–water partition coefficient (Wildman–Crippen LogP) is 2.42. The van der Waals surface area contributed by atoms with E-state index >= 15 is 0 Å². The molecule has 8 heteroatoms. The molecule has 0 bridgehead atoms. The Bertz CT molecular complexity index is 735. The van der Waals surface area contributed by atoms with E-state index in [-0.39, 0.29) is 42.8 Å². The number of carbonyl (C=O) groups is 3. The number of carboxylic acids is 1. The van der Waals surface area contributed by atoms with Crippen molar-refractivity contribution in [1.82, 2.24) is 4.90 Å². The lowest BCUT2D eigenvalue weighted by Gasteiger charge is -2.34. The molecule has 0 aromatic heterocycles. The summed E-state index contributed by atoms with van der Waals surface area (Å²) in [5.74, 6) is -3.29. The van der Waals surface area contributed by atoms with E-state index in [0.717, 1.165) is 31.0 Å². The van der Waals surface area contributed by atoms with Crippen molar-refractivity contribution in [3.63, 3.8) is 0 Å². The van der Waals surface area contributed by atoms with Gasteiger partial charge in [0, 0.05) is 44.2 Å². The number of carbonyl (C=O) groups excluding carboxylic acids is 2. The molecule has 1 aromatic rings. The van der Waals surface area contributed by atoms with Gasteiger partial charge in [0.2, 0.25) is 11.8 Å². The Morgan fingerprint density at radius 3 is 2.52 bits per heavy atom. The van der Waals surface area contributed by atoms with Crippen LogP contribution in [0.2, 0.25) is 0 Å². The Morgan fingerprint density at radius 1 is 1.15 bits per heavy atom. The third-order valence-corrected chi connectivity index (χ3v) is 5.23. The molecule has 6 nitrogen and oxygen atoms in total. The first kappa shape index (κ1) is 19.3. The standard InChI is InChI=1S/C19H22F2N2O4/c20-14-7-15(21)9-16(8-14)23-11-13(6-17(23)24)19(27)22-5-1-2-12(10-22)3-4-18(25)26/h7-9,12-13H,1-6,10-11H2,(H,25,26). The van der Waals surface area contributed by atoms with Crippen molar-refractivity contribution in [2.75, 3.05) is 24.5 Å². The molecule has 3 rings (SSSR count). The number of amides is 2. The van der Waals surface area contributed by atoms with Crippen LogP contribution in [0.1, 0.15) is 32.1 Å². The summed E-state index contributed by atoms with van der Waals surface area (Å²) in [5.41, 5.74) is 0.116. The highest BCUT2D eigenvalue weighted by molar-refractivity contribution is 6.00. The number of likely N-dealkylation sites (tertiary alicyclic amines) is 1. The largest absolute Gasteiger partial charge is 0.481 e. The van der Waals surface area contributed by atoms with Gasteiger partial charge in [-0.2, -0.15) is 0 Å². The Hall–Kier alpha value is -2.51. The molecular formula is C19H22F2N2O4. The predicted molar refractivity (Wildman–Crippen MR) is 93.0 cm³/mol. The van der Waals surface area contributed by atoms with Crippen LogP contribution in [0.4, 0.5) is 14.5 Å². The number of aliphatic carboxylic acids is 1. The van der Waals surface area contributed by atoms with Gasteiger partial charge in [-0.25, -0.2) is 8.78 Å². The number of nitrogens with zero attached hydrogens (tertiary/aromatic N) is 2. The maximum atomic E-state index is 13.4. The van der Waals surface area contributed by atoms with Crippen LogP contribution in [0.15, 0.2) is 18.2 Å². The zero-order chi connectivity index (χ0) is 19.6. The molecule has 2 atom stereocenters. The molecule has 2 unspecified atom stereocenters. The summed E-state index contributed by atoms with van der Waals surface area (Å²) in [6, 6.07) is 2.89. The van der Waals surface area contributed by atoms with E-state index in [2.05, 4.69) is 0 Å². The average molecular weight is 380 g/mol. The second-order valence-electron chi connectivity index (χ2n) is 7.26. The molecule has 2 saturated heterocycles. The van der Waals surface area contributed by atoms with Crippen LogP contribution >= 0.6 is 0 Å². The average Bonchev–Trinajstić information content (AvgIpc) is 3.00. The lowest BCUT2D eigenvalue weighted by Crippen LogP contribution is -2.43. The number of anilines is 1. The van der Waals surface area contributed by atoms with Crippen molar-refractivity contribution >= 4 is 23.5 Å². The Morgan fingerprint density at radius 2 is 1.85 bits per heavy atom. The smallest absolute Gasteiger partial charge is 0.303 e. The maximum Gasteiger partial charge on any atom is 0.303 e. The summed E-state index contributed by atoms with van der Waals surface area (Å²) in [7, 11) is 0. The van der Waals surface area contributed by atoms with E-state index < -0.39 is 23.5 Å².